The fraction of sp³-hybridized carbons (Fsp3) is 0.300. The first-order chi connectivity index (χ1) is 8.15. The zero-order valence-corrected chi connectivity index (χ0v) is 10.5. The number of nitrogens with zero attached hydrogens (tertiary/aromatic N) is 3. The van der Waals surface area contributed by atoms with Crippen LogP contribution in [0.15, 0.2) is 27.8 Å². The molecule has 1 aromatic carbocycles. The maximum absolute atomic E-state index is 11.6. The molecule has 17 heavy (non-hydrogen) atoms. The minimum Gasteiger partial charge on any atom is -0.507 e. The quantitative estimate of drug-likeness (QED) is 0.378. The first kappa shape index (κ1) is 13.3. The molecule has 6 nitrogen and oxygen atoms in total. The van der Waals surface area contributed by atoms with Crippen molar-refractivity contribution in [2.45, 2.75) is 6.42 Å². The third-order valence-corrected chi connectivity index (χ3v) is 2.48. The van der Waals surface area contributed by atoms with Crippen LogP contribution in [-0.4, -0.2) is 24.1 Å². The molecule has 7 heteroatoms. The summed E-state index contributed by atoms with van der Waals surface area (Å²) in [6.07, 6.45) is 0.563. The molecule has 0 aromatic heterocycles. The number of halogens is 1. The van der Waals surface area contributed by atoms with E-state index in [2.05, 4.69) is 31.3 Å². The Kier molecular flexibility index (Phi) is 5.32. The number of hydrogen-bond acceptors (Lipinski definition) is 3. The van der Waals surface area contributed by atoms with E-state index < -0.39 is 0 Å². The molecule has 1 amide bonds. The van der Waals surface area contributed by atoms with E-state index in [-0.39, 0.29) is 17.2 Å². The Balaban J connectivity index is 2.49. The fourth-order valence-corrected chi connectivity index (χ4v) is 1.54. The number of hydrogen-bond donors (Lipinski definition) is 2. The van der Waals surface area contributed by atoms with E-state index in [1.165, 1.54) is 12.1 Å². The molecule has 0 saturated heterocycles. The van der Waals surface area contributed by atoms with Crippen molar-refractivity contribution in [3.63, 3.8) is 0 Å². The lowest BCUT2D eigenvalue weighted by Crippen LogP contribution is -2.24. The van der Waals surface area contributed by atoms with Crippen molar-refractivity contribution in [2.75, 3.05) is 13.1 Å². The van der Waals surface area contributed by atoms with Crippen molar-refractivity contribution >= 4 is 21.8 Å². The van der Waals surface area contributed by atoms with Gasteiger partial charge in [-0.3, -0.25) is 4.79 Å². The lowest BCUT2D eigenvalue weighted by molar-refractivity contribution is 0.0951. The first-order valence-electron chi connectivity index (χ1n) is 4.92. The Morgan fingerprint density at radius 3 is 3.00 bits per heavy atom. The van der Waals surface area contributed by atoms with Crippen LogP contribution in [-0.2, 0) is 0 Å². The van der Waals surface area contributed by atoms with Crippen LogP contribution in [0.5, 0.6) is 5.75 Å². The van der Waals surface area contributed by atoms with Crippen LogP contribution in [0.2, 0.25) is 0 Å². The van der Waals surface area contributed by atoms with Crippen molar-refractivity contribution in [2.24, 2.45) is 5.11 Å². The summed E-state index contributed by atoms with van der Waals surface area (Å²) in [4.78, 5) is 14.2. The van der Waals surface area contributed by atoms with Crippen LogP contribution >= 0.6 is 15.9 Å². The van der Waals surface area contributed by atoms with E-state index in [1.807, 2.05) is 0 Å². The van der Waals surface area contributed by atoms with E-state index in [0.717, 1.165) is 0 Å². The summed E-state index contributed by atoms with van der Waals surface area (Å²) < 4.78 is 0.704. The Bertz CT molecular complexity index is 458. The minimum atomic E-state index is -0.351. The number of aromatic hydroxyl groups is 1. The number of rotatable bonds is 5. The van der Waals surface area contributed by atoms with Gasteiger partial charge in [-0.25, -0.2) is 0 Å². The van der Waals surface area contributed by atoms with Crippen LogP contribution in [0, 0.1) is 0 Å². The second-order valence-corrected chi connectivity index (χ2v) is 4.14. The number of phenols is 1. The van der Waals surface area contributed by atoms with Gasteiger partial charge in [0, 0.05) is 22.5 Å². The number of azide groups is 1. The van der Waals surface area contributed by atoms with Gasteiger partial charge in [-0.05, 0) is 30.2 Å². The largest absolute Gasteiger partial charge is 0.507 e. The standard InChI is InChI=1S/C10H11BrN4O2/c11-7-2-3-8(9(16)6-7)10(17)13-4-1-5-14-15-12/h2-3,6,16H,1,4-5H2,(H,13,17). The number of carbonyl (C=O) groups is 1. The highest BCUT2D eigenvalue weighted by molar-refractivity contribution is 9.10. The lowest BCUT2D eigenvalue weighted by Gasteiger charge is -2.06. The van der Waals surface area contributed by atoms with Crippen LogP contribution < -0.4 is 5.32 Å². The number of benzene rings is 1. The van der Waals surface area contributed by atoms with Crippen LogP contribution in [0.4, 0.5) is 0 Å². The van der Waals surface area contributed by atoms with Gasteiger partial charge in [0.05, 0.1) is 5.56 Å². The highest BCUT2D eigenvalue weighted by Crippen LogP contribution is 2.21. The van der Waals surface area contributed by atoms with Gasteiger partial charge in [-0.1, -0.05) is 21.0 Å². The highest BCUT2D eigenvalue weighted by atomic mass is 79.9. The van der Waals surface area contributed by atoms with Crippen LogP contribution in [0.1, 0.15) is 16.8 Å². The van der Waals surface area contributed by atoms with Gasteiger partial charge in [0.2, 0.25) is 0 Å². The van der Waals surface area contributed by atoms with Gasteiger partial charge >= 0.3 is 0 Å². The summed E-state index contributed by atoms with van der Waals surface area (Å²) in [5.41, 5.74) is 8.27. The van der Waals surface area contributed by atoms with Gasteiger partial charge < -0.3 is 10.4 Å². The second kappa shape index (κ2) is 6.78. The summed E-state index contributed by atoms with van der Waals surface area (Å²) >= 11 is 3.19. The zero-order valence-electron chi connectivity index (χ0n) is 8.93. The molecule has 0 radical (unpaired) electrons. The second-order valence-electron chi connectivity index (χ2n) is 3.23. The number of phenolic OH excluding ortho intramolecular Hbond substituents is 1. The SMILES string of the molecule is [N-]=[N+]=NCCCNC(=O)c1ccc(Br)cc1O. The highest BCUT2D eigenvalue weighted by Gasteiger charge is 2.10. The molecule has 0 heterocycles. The van der Waals surface area contributed by atoms with Crippen molar-refractivity contribution in [1.82, 2.24) is 5.32 Å². The molecule has 0 spiro atoms. The van der Waals surface area contributed by atoms with Gasteiger partial charge in [0.1, 0.15) is 5.75 Å². The molecule has 0 aliphatic carbocycles. The van der Waals surface area contributed by atoms with Gasteiger partial charge in [-0.15, -0.1) is 0 Å². The topological polar surface area (TPSA) is 98.1 Å². The monoisotopic (exact) mass is 298 g/mol. The molecule has 0 unspecified atom stereocenters. The summed E-state index contributed by atoms with van der Waals surface area (Å²) in [5, 5.41) is 15.5. The summed E-state index contributed by atoms with van der Waals surface area (Å²) in [5.74, 6) is -0.428. The Morgan fingerprint density at radius 1 is 1.59 bits per heavy atom. The lowest BCUT2D eigenvalue weighted by atomic mass is 10.2. The molecule has 0 saturated carbocycles. The Hall–Kier alpha value is -1.72. The maximum Gasteiger partial charge on any atom is 0.255 e. The smallest absolute Gasteiger partial charge is 0.255 e. The van der Waals surface area contributed by atoms with E-state index in [9.17, 15) is 9.90 Å². The van der Waals surface area contributed by atoms with Crippen molar-refractivity contribution in [3.05, 3.63) is 38.7 Å². The molecular weight excluding hydrogens is 288 g/mol. The van der Waals surface area contributed by atoms with Gasteiger partial charge in [0.15, 0.2) is 0 Å². The first-order valence-corrected chi connectivity index (χ1v) is 5.72. The molecule has 90 valence electrons. The van der Waals surface area contributed by atoms with E-state index >= 15 is 0 Å². The molecule has 1 aromatic rings. The molecule has 0 aliphatic heterocycles. The number of carbonyl (C=O) groups excluding carboxylic acids is 1. The van der Waals surface area contributed by atoms with Crippen LogP contribution in [0.25, 0.3) is 10.4 Å². The van der Waals surface area contributed by atoms with Crippen molar-refractivity contribution < 1.29 is 9.90 Å². The molecule has 1 rings (SSSR count). The van der Waals surface area contributed by atoms with Crippen molar-refractivity contribution in [3.8, 4) is 5.75 Å². The predicted molar refractivity (Wildman–Crippen MR) is 66.8 cm³/mol. The number of amides is 1. The minimum absolute atomic E-state index is 0.0769. The normalized spacial score (nSPS) is 9.47. The third kappa shape index (κ3) is 4.34. The fourth-order valence-electron chi connectivity index (χ4n) is 1.19. The third-order valence-electron chi connectivity index (χ3n) is 1.99. The maximum atomic E-state index is 11.6. The van der Waals surface area contributed by atoms with Crippen molar-refractivity contribution in [1.29, 1.82) is 0 Å². The number of nitrogens with one attached hydrogen (secondary N) is 1. The predicted octanol–water partition coefficient (Wildman–Crippen LogP) is 2.58. The molecule has 0 atom stereocenters. The molecule has 0 bridgehead atoms. The van der Waals surface area contributed by atoms with E-state index in [0.29, 0.717) is 24.0 Å². The van der Waals surface area contributed by atoms with Gasteiger partial charge in [-0.2, -0.15) is 0 Å². The average Bonchev–Trinajstić information content (AvgIpc) is 2.28. The molecular formula is C10H11BrN4O2. The van der Waals surface area contributed by atoms with Crippen LogP contribution in [0.3, 0.4) is 0 Å². The van der Waals surface area contributed by atoms with E-state index in [1.54, 1.807) is 6.07 Å². The Labute approximate surface area is 106 Å². The summed E-state index contributed by atoms with van der Waals surface area (Å²) in [6, 6.07) is 4.66. The Morgan fingerprint density at radius 2 is 2.35 bits per heavy atom. The van der Waals surface area contributed by atoms with Gasteiger partial charge in [0.25, 0.3) is 5.91 Å². The summed E-state index contributed by atoms with van der Waals surface area (Å²) in [6.45, 7) is 0.733. The molecule has 2 N–H and O–H groups in total. The summed E-state index contributed by atoms with van der Waals surface area (Å²) in [7, 11) is 0. The molecule has 0 fully saturated rings. The van der Waals surface area contributed by atoms with E-state index in [4.69, 9.17) is 5.53 Å². The zero-order chi connectivity index (χ0) is 12.7. The molecule has 0 aliphatic rings. The average molecular weight is 299 g/mol.